The summed E-state index contributed by atoms with van der Waals surface area (Å²) in [7, 11) is 0. The monoisotopic (exact) mass is 423 g/mol. The van der Waals surface area contributed by atoms with Crippen molar-refractivity contribution in [3.63, 3.8) is 0 Å². The maximum Gasteiger partial charge on any atom is 0.293 e. The average molecular weight is 424 g/mol. The van der Waals surface area contributed by atoms with Crippen LogP contribution in [0.1, 0.15) is 51.5 Å². The van der Waals surface area contributed by atoms with Crippen LogP contribution in [0.2, 0.25) is 5.02 Å². The average Bonchev–Trinajstić information content (AvgIpc) is 2.94. The molecule has 0 aromatic heterocycles. The maximum atomic E-state index is 12.8. The highest BCUT2D eigenvalue weighted by Gasteiger charge is 2.36. The zero-order valence-corrected chi connectivity index (χ0v) is 17.9. The van der Waals surface area contributed by atoms with Gasteiger partial charge < -0.3 is 9.47 Å². The van der Waals surface area contributed by atoms with E-state index >= 15 is 0 Å². The number of hydrogen-bond donors (Lipinski definition) is 0. The van der Waals surface area contributed by atoms with Crippen LogP contribution in [-0.2, 0) is 4.79 Å². The molecule has 0 N–H and O–H groups in total. The first-order valence-electron chi connectivity index (χ1n) is 9.88. The van der Waals surface area contributed by atoms with Crippen LogP contribution >= 0.6 is 23.4 Å². The molecule has 7 heteroatoms. The Bertz CT molecular complexity index is 774. The number of rotatable bonds is 7. The Kier molecular flexibility index (Phi) is 7.30. The van der Waals surface area contributed by atoms with E-state index in [4.69, 9.17) is 21.1 Å². The fourth-order valence-corrected chi connectivity index (χ4v) is 4.67. The van der Waals surface area contributed by atoms with Crippen molar-refractivity contribution in [3.05, 3.63) is 27.6 Å². The Hall–Kier alpha value is -1.66. The van der Waals surface area contributed by atoms with Gasteiger partial charge in [0.25, 0.3) is 11.1 Å². The fraction of sp³-hybridized carbons (Fsp3) is 0.524. The summed E-state index contributed by atoms with van der Waals surface area (Å²) in [6.07, 6.45) is 7.45. The highest BCUT2D eigenvalue weighted by molar-refractivity contribution is 8.18. The molecular weight excluding hydrogens is 398 g/mol. The molecule has 2 aliphatic rings. The molecule has 152 valence electrons. The SMILES string of the molecule is CCOc1cc(Cl)c(/C=C2/SC(=O)N(CC3CCCCC3)C2=O)cc1OCC. The number of carbonyl (C=O) groups excluding carboxylic acids is 2. The number of amides is 2. The lowest BCUT2D eigenvalue weighted by molar-refractivity contribution is -0.123. The van der Waals surface area contributed by atoms with E-state index in [1.54, 1.807) is 18.2 Å². The molecule has 5 nitrogen and oxygen atoms in total. The van der Waals surface area contributed by atoms with Crippen LogP contribution in [0, 0.1) is 5.92 Å². The largest absolute Gasteiger partial charge is 0.490 e. The molecule has 0 spiro atoms. The van der Waals surface area contributed by atoms with Crippen molar-refractivity contribution in [1.82, 2.24) is 4.90 Å². The smallest absolute Gasteiger partial charge is 0.293 e. The summed E-state index contributed by atoms with van der Waals surface area (Å²) in [5.74, 6) is 1.32. The summed E-state index contributed by atoms with van der Waals surface area (Å²) in [6.45, 7) is 5.28. The van der Waals surface area contributed by atoms with Gasteiger partial charge in [0.2, 0.25) is 0 Å². The zero-order chi connectivity index (χ0) is 20.1. The number of ether oxygens (including phenoxy) is 2. The molecule has 1 aliphatic heterocycles. The molecule has 0 bridgehead atoms. The summed E-state index contributed by atoms with van der Waals surface area (Å²) < 4.78 is 11.2. The zero-order valence-electron chi connectivity index (χ0n) is 16.3. The molecule has 3 rings (SSSR count). The topological polar surface area (TPSA) is 55.8 Å². The van der Waals surface area contributed by atoms with E-state index in [2.05, 4.69) is 0 Å². The number of thioether (sulfide) groups is 1. The van der Waals surface area contributed by atoms with E-state index in [-0.39, 0.29) is 11.1 Å². The molecule has 2 amide bonds. The first-order chi connectivity index (χ1) is 13.5. The van der Waals surface area contributed by atoms with Gasteiger partial charge >= 0.3 is 0 Å². The number of benzene rings is 1. The van der Waals surface area contributed by atoms with Crippen LogP contribution in [0.4, 0.5) is 4.79 Å². The van der Waals surface area contributed by atoms with Crippen LogP contribution in [0.5, 0.6) is 11.5 Å². The fourth-order valence-electron chi connectivity index (χ4n) is 3.62. The van der Waals surface area contributed by atoms with Gasteiger partial charge in [0.1, 0.15) is 0 Å². The molecule has 1 heterocycles. The summed E-state index contributed by atoms with van der Waals surface area (Å²) in [5.41, 5.74) is 0.636. The lowest BCUT2D eigenvalue weighted by Gasteiger charge is -2.25. The third kappa shape index (κ3) is 4.84. The van der Waals surface area contributed by atoms with E-state index < -0.39 is 0 Å². The molecule has 0 radical (unpaired) electrons. The van der Waals surface area contributed by atoms with Crippen molar-refractivity contribution < 1.29 is 19.1 Å². The second-order valence-corrected chi connectivity index (χ2v) is 8.38. The van der Waals surface area contributed by atoms with Crippen LogP contribution in [0.3, 0.4) is 0 Å². The van der Waals surface area contributed by atoms with E-state index in [0.717, 1.165) is 24.6 Å². The Morgan fingerprint density at radius 2 is 1.75 bits per heavy atom. The van der Waals surface area contributed by atoms with Gasteiger partial charge in [-0.15, -0.1) is 0 Å². The van der Waals surface area contributed by atoms with Gasteiger partial charge in [-0.2, -0.15) is 0 Å². The highest BCUT2D eigenvalue weighted by atomic mass is 35.5. The molecule has 0 atom stereocenters. The van der Waals surface area contributed by atoms with Crippen molar-refractivity contribution in [2.45, 2.75) is 46.0 Å². The molecule has 1 aromatic rings. The Labute approximate surface area is 175 Å². The van der Waals surface area contributed by atoms with Crippen molar-refractivity contribution in [3.8, 4) is 11.5 Å². The Balaban J connectivity index is 1.81. The molecule has 1 aromatic carbocycles. The van der Waals surface area contributed by atoms with E-state index in [0.29, 0.717) is 52.7 Å². The summed E-state index contributed by atoms with van der Waals surface area (Å²) in [6, 6.07) is 3.44. The number of halogens is 1. The van der Waals surface area contributed by atoms with Gasteiger partial charge in [0.05, 0.1) is 23.1 Å². The minimum atomic E-state index is -0.233. The number of nitrogens with zero attached hydrogens (tertiary/aromatic N) is 1. The molecule has 1 aliphatic carbocycles. The van der Waals surface area contributed by atoms with Gasteiger partial charge in [-0.05, 0) is 62.1 Å². The van der Waals surface area contributed by atoms with Gasteiger partial charge in [-0.3, -0.25) is 14.5 Å². The van der Waals surface area contributed by atoms with Gasteiger partial charge in [-0.25, -0.2) is 0 Å². The van der Waals surface area contributed by atoms with Crippen LogP contribution in [0.25, 0.3) is 6.08 Å². The lowest BCUT2D eigenvalue weighted by Crippen LogP contribution is -2.34. The van der Waals surface area contributed by atoms with Crippen molar-refractivity contribution in [2.75, 3.05) is 19.8 Å². The molecule has 1 saturated carbocycles. The second kappa shape index (κ2) is 9.70. The summed E-state index contributed by atoms with van der Waals surface area (Å²) in [5, 5.41) is 0.250. The van der Waals surface area contributed by atoms with E-state index in [1.807, 2.05) is 13.8 Å². The standard InChI is InChI=1S/C21H26ClNO4S/c1-3-26-17-10-15(16(22)12-18(17)27-4-2)11-19-20(24)23(21(25)28-19)13-14-8-6-5-7-9-14/h10-12,14H,3-9,13H2,1-2H3/b19-11+. The van der Waals surface area contributed by atoms with Crippen molar-refractivity contribution >= 4 is 40.6 Å². The third-order valence-corrected chi connectivity index (χ3v) is 6.22. The lowest BCUT2D eigenvalue weighted by atomic mass is 9.89. The van der Waals surface area contributed by atoms with Gasteiger partial charge in [0, 0.05) is 12.6 Å². The van der Waals surface area contributed by atoms with Crippen LogP contribution in [0.15, 0.2) is 17.0 Å². The van der Waals surface area contributed by atoms with Crippen LogP contribution < -0.4 is 9.47 Å². The minimum absolute atomic E-state index is 0.200. The maximum absolute atomic E-state index is 12.8. The minimum Gasteiger partial charge on any atom is -0.490 e. The molecular formula is C21H26ClNO4S. The van der Waals surface area contributed by atoms with Gasteiger partial charge in [-0.1, -0.05) is 30.9 Å². The quantitative estimate of drug-likeness (QED) is 0.522. The Morgan fingerprint density at radius 1 is 1.11 bits per heavy atom. The molecule has 1 saturated heterocycles. The first kappa shape index (κ1) is 21.1. The highest BCUT2D eigenvalue weighted by Crippen LogP contribution is 2.39. The normalized spacial score (nSPS) is 19.5. The Morgan fingerprint density at radius 3 is 2.39 bits per heavy atom. The second-order valence-electron chi connectivity index (χ2n) is 6.98. The predicted octanol–water partition coefficient (Wildman–Crippen LogP) is 5.75. The first-order valence-corrected chi connectivity index (χ1v) is 11.1. The summed E-state index contributed by atoms with van der Waals surface area (Å²) in [4.78, 5) is 27.0. The number of carbonyl (C=O) groups is 2. The predicted molar refractivity (Wildman–Crippen MR) is 113 cm³/mol. The number of hydrogen-bond acceptors (Lipinski definition) is 5. The van der Waals surface area contributed by atoms with Crippen LogP contribution in [-0.4, -0.2) is 35.8 Å². The van der Waals surface area contributed by atoms with E-state index in [9.17, 15) is 9.59 Å². The summed E-state index contributed by atoms with van der Waals surface area (Å²) >= 11 is 7.37. The third-order valence-electron chi connectivity index (χ3n) is 4.99. The molecule has 0 unspecified atom stereocenters. The van der Waals surface area contributed by atoms with Crippen molar-refractivity contribution in [2.24, 2.45) is 5.92 Å². The van der Waals surface area contributed by atoms with E-state index in [1.165, 1.54) is 24.2 Å². The van der Waals surface area contributed by atoms with Crippen molar-refractivity contribution in [1.29, 1.82) is 0 Å². The molecule has 2 fully saturated rings. The van der Waals surface area contributed by atoms with Gasteiger partial charge in [0.15, 0.2) is 11.5 Å². The molecule has 28 heavy (non-hydrogen) atoms. The number of imide groups is 1.